The number of alkyl halides is 1. The summed E-state index contributed by atoms with van der Waals surface area (Å²) in [5.74, 6) is 1.45. The van der Waals surface area contributed by atoms with Crippen LogP contribution in [0.15, 0.2) is 22.7 Å². The molecule has 0 amide bonds. The summed E-state index contributed by atoms with van der Waals surface area (Å²) in [6.45, 7) is 0. The molecular formula is C10H8BrClOS. The zero-order valence-corrected chi connectivity index (χ0v) is 10.7. The molecule has 14 heavy (non-hydrogen) atoms. The van der Waals surface area contributed by atoms with Crippen LogP contribution in [0.5, 0.6) is 5.75 Å². The monoisotopic (exact) mass is 290 g/mol. The molecule has 74 valence electrons. The molecule has 0 aliphatic rings. The maximum Gasteiger partial charge on any atom is 0.128 e. The normalized spacial score (nSPS) is 10.8. The van der Waals surface area contributed by atoms with E-state index >= 15 is 0 Å². The molecule has 2 aromatic rings. The van der Waals surface area contributed by atoms with Gasteiger partial charge in [-0.3, -0.25) is 0 Å². The van der Waals surface area contributed by atoms with Crippen LogP contribution in [-0.4, -0.2) is 7.11 Å². The second kappa shape index (κ2) is 4.09. The molecule has 0 N–H and O–H groups in total. The van der Waals surface area contributed by atoms with Gasteiger partial charge in [0.1, 0.15) is 5.75 Å². The third-order valence-electron chi connectivity index (χ3n) is 1.97. The van der Waals surface area contributed by atoms with Gasteiger partial charge < -0.3 is 4.74 Å². The van der Waals surface area contributed by atoms with E-state index < -0.39 is 0 Å². The smallest absolute Gasteiger partial charge is 0.128 e. The van der Waals surface area contributed by atoms with Crippen LogP contribution < -0.4 is 4.74 Å². The van der Waals surface area contributed by atoms with E-state index in [-0.39, 0.29) is 0 Å². The SMILES string of the molecule is COc1cc(Br)cc2sc(CCl)cc12. The molecule has 0 bridgehead atoms. The first-order chi connectivity index (χ1) is 6.74. The lowest BCUT2D eigenvalue weighted by Gasteiger charge is -2.01. The first kappa shape index (κ1) is 10.3. The van der Waals surface area contributed by atoms with E-state index in [4.69, 9.17) is 16.3 Å². The van der Waals surface area contributed by atoms with Gasteiger partial charge in [-0.15, -0.1) is 22.9 Å². The Morgan fingerprint density at radius 1 is 1.43 bits per heavy atom. The van der Waals surface area contributed by atoms with Gasteiger partial charge in [-0.1, -0.05) is 15.9 Å². The molecule has 4 heteroatoms. The number of ether oxygens (including phenoxy) is 1. The van der Waals surface area contributed by atoms with Crippen LogP contribution in [0, 0.1) is 0 Å². The van der Waals surface area contributed by atoms with Crippen molar-refractivity contribution in [2.75, 3.05) is 7.11 Å². The fraction of sp³-hybridized carbons (Fsp3) is 0.200. The van der Waals surface area contributed by atoms with Crippen molar-refractivity contribution in [3.8, 4) is 5.75 Å². The van der Waals surface area contributed by atoms with E-state index in [0.29, 0.717) is 5.88 Å². The van der Waals surface area contributed by atoms with Crippen molar-refractivity contribution in [2.45, 2.75) is 5.88 Å². The van der Waals surface area contributed by atoms with E-state index in [1.807, 2.05) is 6.07 Å². The number of rotatable bonds is 2. The molecule has 0 aliphatic carbocycles. The third kappa shape index (κ3) is 1.76. The zero-order valence-electron chi connectivity index (χ0n) is 7.51. The third-order valence-corrected chi connectivity index (χ3v) is 3.95. The van der Waals surface area contributed by atoms with Gasteiger partial charge in [0, 0.05) is 19.4 Å². The van der Waals surface area contributed by atoms with Crippen LogP contribution in [0.4, 0.5) is 0 Å². The summed E-state index contributed by atoms with van der Waals surface area (Å²) in [6, 6.07) is 6.13. The molecule has 1 nitrogen and oxygen atoms in total. The lowest BCUT2D eigenvalue weighted by atomic mass is 10.2. The molecule has 0 fully saturated rings. The number of thiophene rings is 1. The fourth-order valence-electron chi connectivity index (χ4n) is 1.36. The summed E-state index contributed by atoms with van der Waals surface area (Å²) < 4.78 is 7.53. The number of hydrogen-bond donors (Lipinski definition) is 0. The maximum atomic E-state index is 5.79. The Labute approximate surface area is 99.8 Å². The van der Waals surface area contributed by atoms with E-state index in [0.717, 1.165) is 20.5 Å². The summed E-state index contributed by atoms with van der Waals surface area (Å²) in [6.07, 6.45) is 0. The molecule has 0 spiro atoms. The lowest BCUT2D eigenvalue weighted by Crippen LogP contribution is -1.82. The fourth-order valence-corrected chi connectivity index (χ4v) is 3.16. The van der Waals surface area contributed by atoms with Crippen molar-refractivity contribution >= 4 is 49.0 Å². The van der Waals surface area contributed by atoms with Crippen molar-refractivity contribution in [3.63, 3.8) is 0 Å². The number of benzene rings is 1. The van der Waals surface area contributed by atoms with Crippen molar-refractivity contribution in [1.29, 1.82) is 0 Å². The highest BCUT2D eigenvalue weighted by molar-refractivity contribution is 9.10. The average Bonchev–Trinajstić information content (AvgIpc) is 2.59. The Morgan fingerprint density at radius 3 is 2.86 bits per heavy atom. The number of methoxy groups -OCH3 is 1. The highest BCUT2D eigenvalue weighted by atomic mass is 79.9. The van der Waals surface area contributed by atoms with Gasteiger partial charge in [0.05, 0.1) is 13.0 Å². The topological polar surface area (TPSA) is 9.23 Å². The Kier molecular flexibility index (Phi) is 3.00. The summed E-state index contributed by atoms with van der Waals surface area (Å²) in [5.41, 5.74) is 0. The Bertz CT molecular complexity index is 466. The molecule has 0 aliphatic heterocycles. The molecule has 1 heterocycles. The molecule has 0 unspecified atom stereocenters. The number of halogens is 2. The minimum absolute atomic E-state index is 0.556. The molecule has 2 rings (SSSR count). The van der Waals surface area contributed by atoms with Crippen LogP contribution in [0.1, 0.15) is 4.88 Å². The quantitative estimate of drug-likeness (QED) is 0.745. The van der Waals surface area contributed by atoms with Crippen molar-refractivity contribution in [2.24, 2.45) is 0 Å². The van der Waals surface area contributed by atoms with Gasteiger partial charge in [-0.2, -0.15) is 0 Å². The average molecular weight is 292 g/mol. The van der Waals surface area contributed by atoms with Crippen molar-refractivity contribution < 1.29 is 4.74 Å². The lowest BCUT2D eigenvalue weighted by molar-refractivity contribution is 0.419. The van der Waals surface area contributed by atoms with Crippen LogP contribution >= 0.6 is 38.9 Å². The predicted octanol–water partition coefficient (Wildman–Crippen LogP) is 4.41. The molecule has 0 atom stereocenters. The first-order valence-corrected chi connectivity index (χ1v) is 6.21. The predicted molar refractivity (Wildman–Crippen MR) is 65.6 cm³/mol. The molecule has 0 saturated heterocycles. The molecule has 1 aromatic carbocycles. The summed E-state index contributed by atoms with van der Waals surface area (Å²) in [7, 11) is 1.68. The van der Waals surface area contributed by atoms with Gasteiger partial charge in [0.25, 0.3) is 0 Å². The van der Waals surface area contributed by atoms with Crippen LogP contribution in [-0.2, 0) is 5.88 Å². The Balaban J connectivity index is 2.71. The number of fused-ring (bicyclic) bond motifs is 1. The molecule has 0 radical (unpaired) electrons. The van der Waals surface area contributed by atoms with Crippen LogP contribution in [0.2, 0.25) is 0 Å². The highest BCUT2D eigenvalue weighted by Crippen LogP contribution is 2.36. The molecular weight excluding hydrogens is 284 g/mol. The summed E-state index contributed by atoms with van der Waals surface area (Å²) in [5, 5.41) is 1.14. The van der Waals surface area contributed by atoms with Crippen LogP contribution in [0.25, 0.3) is 10.1 Å². The summed E-state index contributed by atoms with van der Waals surface area (Å²) >= 11 is 10.9. The maximum absolute atomic E-state index is 5.79. The number of hydrogen-bond acceptors (Lipinski definition) is 2. The Hall–Kier alpha value is -0.250. The minimum Gasteiger partial charge on any atom is -0.496 e. The van der Waals surface area contributed by atoms with Crippen molar-refractivity contribution in [1.82, 2.24) is 0 Å². The van der Waals surface area contributed by atoms with Gasteiger partial charge in [0.2, 0.25) is 0 Å². The second-order valence-corrected chi connectivity index (χ2v) is 5.22. The van der Waals surface area contributed by atoms with Gasteiger partial charge in [-0.05, 0) is 18.2 Å². The van der Waals surface area contributed by atoms with E-state index in [9.17, 15) is 0 Å². The van der Waals surface area contributed by atoms with E-state index in [1.54, 1.807) is 18.4 Å². The zero-order chi connectivity index (χ0) is 10.1. The second-order valence-electron chi connectivity index (χ2n) is 2.87. The van der Waals surface area contributed by atoms with E-state index in [2.05, 4.69) is 28.1 Å². The van der Waals surface area contributed by atoms with Gasteiger partial charge in [0.15, 0.2) is 0 Å². The van der Waals surface area contributed by atoms with Gasteiger partial charge in [-0.25, -0.2) is 0 Å². The van der Waals surface area contributed by atoms with Crippen molar-refractivity contribution in [3.05, 3.63) is 27.5 Å². The molecule has 1 aromatic heterocycles. The first-order valence-electron chi connectivity index (χ1n) is 4.06. The van der Waals surface area contributed by atoms with E-state index in [1.165, 1.54) is 4.70 Å². The Morgan fingerprint density at radius 2 is 2.21 bits per heavy atom. The minimum atomic E-state index is 0.556. The van der Waals surface area contributed by atoms with Gasteiger partial charge >= 0.3 is 0 Å². The summed E-state index contributed by atoms with van der Waals surface area (Å²) in [4.78, 5) is 1.16. The standard InChI is InChI=1S/C10H8BrClOS/c1-13-9-2-6(11)3-10-8(9)4-7(5-12)14-10/h2-4H,5H2,1H3. The highest BCUT2D eigenvalue weighted by Gasteiger charge is 2.07. The largest absolute Gasteiger partial charge is 0.496 e. The van der Waals surface area contributed by atoms with Crippen LogP contribution in [0.3, 0.4) is 0 Å². The molecule has 0 saturated carbocycles.